The minimum atomic E-state index is -0.150. The maximum atomic E-state index is 12.4. The second-order valence-electron chi connectivity index (χ2n) is 5.24. The molecule has 1 fully saturated rings. The van der Waals surface area contributed by atoms with Crippen molar-refractivity contribution in [2.75, 3.05) is 13.1 Å². The van der Waals surface area contributed by atoms with E-state index in [-0.39, 0.29) is 11.5 Å². The Balaban J connectivity index is 2.01. The molecule has 1 aliphatic rings. The molecular weight excluding hydrogens is 260 g/mol. The zero-order valence-corrected chi connectivity index (χ0v) is 11.7. The van der Waals surface area contributed by atoms with Crippen LogP contribution in [0.25, 0.3) is 16.8 Å². The monoisotopic (exact) mass is 276 g/mol. The molecule has 0 N–H and O–H groups in total. The number of fused-ring (bicyclic) bond motifs is 1. The summed E-state index contributed by atoms with van der Waals surface area (Å²) in [7, 11) is 0. The molecule has 104 valence electrons. The van der Waals surface area contributed by atoms with E-state index in [9.17, 15) is 10.1 Å². The van der Waals surface area contributed by atoms with E-state index in [2.05, 4.69) is 6.07 Å². The molecule has 3 rings (SSSR count). The van der Waals surface area contributed by atoms with Crippen molar-refractivity contribution in [2.45, 2.75) is 12.8 Å². The van der Waals surface area contributed by atoms with Gasteiger partial charge in [0.25, 0.3) is 5.91 Å². The van der Waals surface area contributed by atoms with Crippen LogP contribution in [0, 0.1) is 11.3 Å². The van der Waals surface area contributed by atoms with Gasteiger partial charge in [-0.25, -0.2) is 0 Å². The van der Waals surface area contributed by atoms with Gasteiger partial charge in [-0.05, 0) is 35.3 Å². The van der Waals surface area contributed by atoms with Gasteiger partial charge in [-0.3, -0.25) is 4.79 Å². The van der Waals surface area contributed by atoms with Crippen LogP contribution in [0.15, 0.2) is 48.0 Å². The molecule has 0 atom stereocenters. The van der Waals surface area contributed by atoms with Gasteiger partial charge in [-0.1, -0.05) is 42.5 Å². The summed E-state index contributed by atoms with van der Waals surface area (Å²) < 4.78 is 0. The predicted molar refractivity (Wildman–Crippen MR) is 83.4 cm³/mol. The Morgan fingerprint density at radius 3 is 2.57 bits per heavy atom. The summed E-state index contributed by atoms with van der Waals surface area (Å²) in [6.07, 6.45) is 3.76. The smallest absolute Gasteiger partial charge is 0.264 e. The number of hydrogen-bond donors (Lipinski definition) is 0. The minimum Gasteiger partial charge on any atom is -0.338 e. The number of carbonyl (C=O) groups is 1. The second kappa shape index (κ2) is 5.80. The maximum absolute atomic E-state index is 12.4. The van der Waals surface area contributed by atoms with Gasteiger partial charge in [-0.15, -0.1) is 0 Å². The molecule has 0 aromatic heterocycles. The Labute approximate surface area is 124 Å². The largest absolute Gasteiger partial charge is 0.338 e. The van der Waals surface area contributed by atoms with Gasteiger partial charge in [0.1, 0.15) is 11.6 Å². The molecule has 0 bridgehead atoms. The van der Waals surface area contributed by atoms with Crippen molar-refractivity contribution in [3.8, 4) is 6.07 Å². The topological polar surface area (TPSA) is 44.1 Å². The summed E-state index contributed by atoms with van der Waals surface area (Å²) in [5.74, 6) is -0.150. The fourth-order valence-electron chi connectivity index (χ4n) is 2.76. The third kappa shape index (κ3) is 2.66. The number of amides is 1. The van der Waals surface area contributed by atoms with Crippen molar-refractivity contribution in [3.05, 3.63) is 53.6 Å². The molecule has 1 amide bonds. The first-order valence-electron chi connectivity index (χ1n) is 7.18. The fraction of sp³-hybridized carbons (Fsp3) is 0.222. The predicted octanol–water partition coefficient (Wildman–Crippen LogP) is 3.37. The molecule has 0 aliphatic carbocycles. The van der Waals surface area contributed by atoms with Crippen LogP contribution < -0.4 is 0 Å². The SMILES string of the molecule is N#C/C(=C\c1cccc2ccccc12)C(=O)N1CCCC1. The molecule has 0 unspecified atom stereocenters. The van der Waals surface area contributed by atoms with Gasteiger partial charge < -0.3 is 4.90 Å². The number of rotatable bonds is 2. The summed E-state index contributed by atoms with van der Waals surface area (Å²) >= 11 is 0. The highest BCUT2D eigenvalue weighted by Crippen LogP contribution is 2.22. The van der Waals surface area contributed by atoms with Gasteiger partial charge in [-0.2, -0.15) is 5.26 Å². The average Bonchev–Trinajstić information content (AvgIpc) is 3.06. The Kier molecular flexibility index (Phi) is 3.70. The number of nitriles is 1. The first kappa shape index (κ1) is 13.4. The summed E-state index contributed by atoms with van der Waals surface area (Å²) in [4.78, 5) is 14.1. The zero-order valence-electron chi connectivity index (χ0n) is 11.7. The quantitative estimate of drug-likeness (QED) is 0.623. The van der Waals surface area contributed by atoms with E-state index in [0.717, 1.165) is 42.3 Å². The van der Waals surface area contributed by atoms with Crippen LogP contribution >= 0.6 is 0 Å². The average molecular weight is 276 g/mol. The van der Waals surface area contributed by atoms with Gasteiger partial charge in [0.2, 0.25) is 0 Å². The van der Waals surface area contributed by atoms with Gasteiger partial charge in [0.05, 0.1) is 0 Å². The van der Waals surface area contributed by atoms with E-state index in [1.165, 1.54) is 0 Å². The van der Waals surface area contributed by atoms with Crippen molar-refractivity contribution in [3.63, 3.8) is 0 Å². The van der Waals surface area contributed by atoms with E-state index in [4.69, 9.17) is 0 Å². The lowest BCUT2D eigenvalue weighted by Gasteiger charge is -2.14. The van der Waals surface area contributed by atoms with Crippen molar-refractivity contribution < 1.29 is 4.79 Å². The summed E-state index contributed by atoms with van der Waals surface area (Å²) in [6.45, 7) is 1.51. The molecular formula is C18H16N2O. The molecule has 0 spiro atoms. The first-order chi connectivity index (χ1) is 10.3. The highest BCUT2D eigenvalue weighted by molar-refractivity contribution is 6.04. The second-order valence-corrected chi connectivity index (χ2v) is 5.24. The third-order valence-electron chi connectivity index (χ3n) is 3.87. The van der Waals surface area contributed by atoms with Crippen LogP contribution in [0.5, 0.6) is 0 Å². The molecule has 3 heteroatoms. The molecule has 3 nitrogen and oxygen atoms in total. The minimum absolute atomic E-state index is 0.150. The van der Waals surface area contributed by atoms with Gasteiger partial charge >= 0.3 is 0 Å². The van der Waals surface area contributed by atoms with Crippen LogP contribution in [0.2, 0.25) is 0 Å². The normalized spacial score (nSPS) is 15.2. The number of carbonyl (C=O) groups excluding carboxylic acids is 1. The van der Waals surface area contributed by atoms with Crippen molar-refractivity contribution in [1.29, 1.82) is 5.26 Å². The lowest BCUT2D eigenvalue weighted by atomic mass is 10.0. The zero-order chi connectivity index (χ0) is 14.7. The van der Waals surface area contributed by atoms with E-state index in [1.807, 2.05) is 42.5 Å². The first-order valence-corrected chi connectivity index (χ1v) is 7.18. The highest BCUT2D eigenvalue weighted by Gasteiger charge is 2.21. The standard InChI is InChI=1S/C18H16N2O/c19-13-16(18(21)20-10-3-4-11-20)12-15-8-5-7-14-6-1-2-9-17(14)15/h1-2,5-9,12H,3-4,10-11H2/b16-12+. The van der Waals surface area contributed by atoms with Crippen LogP contribution in [0.1, 0.15) is 18.4 Å². The molecule has 1 heterocycles. The van der Waals surface area contributed by atoms with Gasteiger partial charge in [0, 0.05) is 13.1 Å². The molecule has 2 aromatic rings. The number of benzene rings is 2. The lowest BCUT2D eigenvalue weighted by Crippen LogP contribution is -2.28. The molecule has 0 radical (unpaired) electrons. The number of nitrogens with zero attached hydrogens (tertiary/aromatic N) is 2. The third-order valence-corrected chi connectivity index (χ3v) is 3.87. The van der Waals surface area contributed by atoms with Crippen molar-refractivity contribution in [1.82, 2.24) is 4.90 Å². The molecule has 1 saturated heterocycles. The van der Waals surface area contributed by atoms with Crippen LogP contribution in [0.4, 0.5) is 0 Å². The molecule has 0 saturated carbocycles. The van der Waals surface area contributed by atoms with Crippen LogP contribution in [0.3, 0.4) is 0 Å². The molecule has 1 aliphatic heterocycles. The van der Waals surface area contributed by atoms with E-state index < -0.39 is 0 Å². The Morgan fingerprint density at radius 2 is 1.81 bits per heavy atom. The van der Waals surface area contributed by atoms with E-state index in [0.29, 0.717) is 0 Å². The highest BCUT2D eigenvalue weighted by atomic mass is 16.2. The summed E-state index contributed by atoms with van der Waals surface area (Å²) in [5.41, 5.74) is 1.13. The summed E-state index contributed by atoms with van der Waals surface area (Å²) in [6, 6.07) is 16.0. The fourth-order valence-corrected chi connectivity index (χ4v) is 2.76. The molecule has 21 heavy (non-hydrogen) atoms. The Bertz CT molecular complexity index is 744. The number of likely N-dealkylation sites (tertiary alicyclic amines) is 1. The molecule has 2 aromatic carbocycles. The van der Waals surface area contributed by atoms with Gasteiger partial charge in [0.15, 0.2) is 0 Å². The van der Waals surface area contributed by atoms with Crippen LogP contribution in [-0.4, -0.2) is 23.9 Å². The summed E-state index contributed by atoms with van der Waals surface area (Å²) in [5, 5.41) is 11.5. The Hall–Kier alpha value is -2.60. The lowest BCUT2D eigenvalue weighted by molar-refractivity contribution is -0.125. The Morgan fingerprint density at radius 1 is 1.10 bits per heavy atom. The van der Waals surface area contributed by atoms with Crippen LogP contribution in [-0.2, 0) is 4.79 Å². The maximum Gasteiger partial charge on any atom is 0.264 e. The number of hydrogen-bond acceptors (Lipinski definition) is 2. The van der Waals surface area contributed by atoms with Crippen molar-refractivity contribution >= 4 is 22.8 Å². The van der Waals surface area contributed by atoms with E-state index in [1.54, 1.807) is 11.0 Å². The van der Waals surface area contributed by atoms with E-state index >= 15 is 0 Å². The van der Waals surface area contributed by atoms with Crippen molar-refractivity contribution in [2.24, 2.45) is 0 Å².